The predicted molar refractivity (Wildman–Crippen MR) is 223 cm³/mol. The van der Waals surface area contributed by atoms with E-state index in [4.69, 9.17) is 23.7 Å². The van der Waals surface area contributed by atoms with Crippen LogP contribution in [0.5, 0.6) is 0 Å². The third-order valence-corrected chi connectivity index (χ3v) is 12.3. The highest BCUT2D eigenvalue weighted by Crippen LogP contribution is 2.44. The lowest BCUT2D eigenvalue weighted by molar-refractivity contribution is -0.190. The molecule has 0 spiro atoms. The SMILES string of the molecule is CCCCCC1(CCCCC)O[C@@H]2[C@@H](C=C(C(=O)N3CCC[C@@H]3C(=O)N[C@H](CO)CCC(=O)OC(C)(C)C)C[C@H]2OC(=O)c2ccccc2C=CC2CCC3OC3C2)O1. The highest BCUT2D eigenvalue weighted by molar-refractivity contribution is 5.98. The monoisotopic (exact) mass is 820 g/mol. The van der Waals surface area contributed by atoms with Crippen LogP contribution in [0, 0.1) is 5.92 Å². The molecular weight excluding hydrogens is 753 g/mol. The normalized spacial score (nSPS) is 27.7. The van der Waals surface area contributed by atoms with Gasteiger partial charge in [-0.2, -0.15) is 0 Å². The number of hydrogen-bond donors (Lipinski definition) is 2. The molecule has 0 bridgehead atoms. The fourth-order valence-electron chi connectivity index (χ4n) is 9.13. The minimum absolute atomic E-state index is 0.0313. The summed E-state index contributed by atoms with van der Waals surface area (Å²) in [5.41, 5.74) is 0.987. The second kappa shape index (κ2) is 20.3. The number of nitrogens with one attached hydrogen (secondary N) is 1. The number of carbonyl (C=O) groups excluding carboxylic acids is 4. The quantitative estimate of drug-likeness (QED) is 0.0823. The summed E-state index contributed by atoms with van der Waals surface area (Å²) in [6, 6.07) is 6.00. The molecule has 5 aliphatic rings. The summed E-state index contributed by atoms with van der Waals surface area (Å²) < 4.78 is 31.2. The number of carbonyl (C=O) groups is 4. The van der Waals surface area contributed by atoms with Gasteiger partial charge in [-0.25, -0.2) is 4.79 Å². The Balaban J connectivity index is 1.20. The Morgan fingerprint density at radius 2 is 1.75 bits per heavy atom. The van der Waals surface area contributed by atoms with E-state index in [-0.39, 0.29) is 37.7 Å². The van der Waals surface area contributed by atoms with Gasteiger partial charge in [-0.05, 0) is 95.8 Å². The van der Waals surface area contributed by atoms with Crippen molar-refractivity contribution < 1.29 is 48.0 Å². The molecule has 8 atom stereocenters. The molecule has 3 heterocycles. The van der Waals surface area contributed by atoms with E-state index in [1.807, 2.05) is 30.4 Å². The van der Waals surface area contributed by atoms with E-state index in [1.165, 1.54) is 0 Å². The number of fused-ring (bicyclic) bond motifs is 2. The lowest BCUT2D eigenvalue weighted by Gasteiger charge is -2.33. The smallest absolute Gasteiger partial charge is 0.339 e. The van der Waals surface area contributed by atoms with Crippen molar-refractivity contribution in [3.05, 3.63) is 53.1 Å². The number of likely N-dealkylation sites (tertiary alicyclic amines) is 1. The third kappa shape index (κ3) is 12.0. The van der Waals surface area contributed by atoms with Crippen LogP contribution in [0.3, 0.4) is 0 Å². The molecule has 1 aromatic rings. The Labute approximate surface area is 350 Å². The lowest BCUT2D eigenvalue weighted by Crippen LogP contribution is -2.51. The summed E-state index contributed by atoms with van der Waals surface area (Å²) in [7, 11) is 0. The van der Waals surface area contributed by atoms with Crippen LogP contribution >= 0.6 is 0 Å². The van der Waals surface area contributed by atoms with Crippen molar-refractivity contribution in [3.8, 4) is 0 Å². The van der Waals surface area contributed by atoms with Crippen molar-refractivity contribution in [1.29, 1.82) is 0 Å². The van der Waals surface area contributed by atoms with E-state index in [0.29, 0.717) is 61.5 Å². The fourth-order valence-corrected chi connectivity index (χ4v) is 9.13. The molecule has 12 nitrogen and oxygen atoms in total. The molecular formula is C47H68N2O10. The molecule has 3 saturated heterocycles. The second-order valence-corrected chi connectivity index (χ2v) is 18.2. The third-order valence-electron chi connectivity index (χ3n) is 12.3. The predicted octanol–water partition coefficient (Wildman–Crippen LogP) is 7.35. The van der Waals surface area contributed by atoms with Crippen molar-refractivity contribution in [2.24, 2.45) is 5.92 Å². The average molecular weight is 821 g/mol. The highest BCUT2D eigenvalue weighted by atomic mass is 16.8. The van der Waals surface area contributed by atoms with Crippen LogP contribution in [0.4, 0.5) is 0 Å². The molecule has 12 heteroatoms. The Bertz CT molecular complexity index is 1670. The molecule has 6 rings (SSSR count). The molecule has 4 fully saturated rings. The molecule has 1 aromatic carbocycles. The zero-order valence-corrected chi connectivity index (χ0v) is 36.0. The first-order chi connectivity index (χ1) is 28.3. The van der Waals surface area contributed by atoms with E-state index < -0.39 is 53.7 Å². The van der Waals surface area contributed by atoms with Crippen molar-refractivity contribution in [3.63, 3.8) is 0 Å². The number of ether oxygens (including phenoxy) is 5. The first kappa shape index (κ1) is 45.0. The van der Waals surface area contributed by atoms with Gasteiger partial charge in [-0.15, -0.1) is 0 Å². The summed E-state index contributed by atoms with van der Waals surface area (Å²) in [4.78, 5) is 56.3. The minimum Gasteiger partial charge on any atom is -0.460 e. The molecule has 2 amide bonds. The number of aliphatic hydroxyl groups is 1. The number of esters is 2. The number of benzene rings is 1. The van der Waals surface area contributed by atoms with Gasteiger partial charge in [0, 0.05) is 37.8 Å². The maximum atomic E-state index is 14.5. The molecule has 2 aliphatic carbocycles. The van der Waals surface area contributed by atoms with Crippen molar-refractivity contribution in [1.82, 2.24) is 10.2 Å². The van der Waals surface area contributed by atoms with E-state index in [2.05, 4.69) is 25.2 Å². The zero-order valence-electron chi connectivity index (χ0n) is 36.0. The number of hydrogen-bond acceptors (Lipinski definition) is 10. The number of allylic oxidation sites excluding steroid dienone is 1. The van der Waals surface area contributed by atoms with E-state index in [1.54, 1.807) is 31.7 Å². The highest BCUT2D eigenvalue weighted by Gasteiger charge is 2.53. The van der Waals surface area contributed by atoms with Crippen LogP contribution in [0.1, 0.15) is 153 Å². The van der Waals surface area contributed by atoms with Gasteiger partial charge in [0.15, 0.2) is 5.79 Å². The van der Waals surface area contributed by atoms with E-state index in [0.717, 1.165) is 63.4 Å². The van der Waals surface area contributed by atoms with Crippen LogP contribution in [0.25, 0.3) is 6.08 Å². The topological polar surface area (TPSA) is 153 Å². The molecule has 3 aliphatic heterocycles. The van der Waals surface area contributed by atoms with E-state index >= 15 is 0 Å². The molecule has 0 aromatic heterocycles. The van der Waals surface area contributed by atoms with Gasteiger partial charge in [-0.3, -0.25) is 14.4 Å². The Kier molecular flexibility index (Phi) is 15.5. The molecule has 0 radical (unpaired) electrons. The van der Waals surface area contributed by atoms with Crippen LogP contribution < -0.4 is 5.32 Å². The van der Waals surface area contributed by atoms with Gasteiger partial charge in [0.1, 0.15) is 30.0 Å². The number of nitrogens with zero attached hydrogens (tertiary/aromatic N) is 1. The molecule has 2 N–H and O–H groups in total. The number of epoxide rings is 1. The van der Waals surface area contributed by atoms with Crippen LogP contribution in [0.15, 0.2) is 42.0 Å². The van der Waals surface area contributed by atoms with Crippen molar-refractivity contribution >= 4 is 29.8 Å². The summed E-state index contributed by atoms with van der Waals surface area (Å²) in [6.07, 6.45) is 16.7. The van der Waals surface area contributed by atoms with Gasteiger partial charge < -0.3 is 39.0 Å². The standard InChI is InChI=1S/C47H68N2O10/c1-6-8-12-24-47(25-13-9-7-2)57-40-29-33(44(53)49-26-14-17-36(49)43(52)48-34(30-50)21-23-41(51)58-46(3,4)5)28-39(42(40)59-47)56-45(54)35-16-11-10-15-32(35)20-18-31-19-22-37-38(27-31)55-37/h10-11,15-16,18,20,29,31,34,36-40,42,50H,6-9,12-14,17,19,21-28,30H2,1-5H3,(H,48,52)/t31?,34-,36+,37?,38?,39+,40+,42-/m0/s1. The lowest BCUT2D eigenvalue weighted by atomic mass is 9.88. The van der Waals surface area contributed by atoms with Gasteiger partial charge >= 0.3 is 11.9 Å². The van der Waals surface area contributed by atoms with E-state index in [9.17, 15) is 24.3 Å². The summed E-state index contributed by atoms with van der Waals surface area (Å²) in [5, 5.41) is 12.9. The summed E-state index contributed by atoms with van der Waals surface area (Å²) in [6.45, 7) is 9.69. The second-order valence-electron chi connectivity index (χ2n) is 18.2. The largest absolute Gasteiger partial charge is 0.460 e. The van der Waals surface area contributed by atoms with Crippen LogP contribution in [0.2, 0.25) is 0 Å². The molecule has 59 heavy (non-hydrogen) atoms. The van der Waals surface area contributed by atoms with Crippen molar-refractivity contribution in [2.45, 2.75) is 191 Å². The first-order valence-electron chi connectivity index (χ1n) is 22.5. The summed E-state index contributed by atoms with van der Waals surface area (Å²) in [5.74, 6) is -2.07. The van der Waals surface area contributed by atoms with Crippen molar-refractivity contribution in [2.75, 3.05) is 13.2 Å². The van der Waals surface area contributed by atoms with Gasteiger partial charge in [0.05, 0.1) is 30.4 Å². The molecule has 326 valence electrons. The fraction of sp³-hybridized carbons (Fsp3) is 0.702. The van der Waals surface area contributed by atoms with Gasteiger partial charge in [0.25, 0.3) is 0 Å². The maximum Gasteiger partial charge on any atom is 0.339 e. The van der Waals surface area contributed by atoms with Crippen LogP contribution in [-0.2, 0) is 38.1 Å². The zero-order chi connectivity index (χ0) is 42.2. The van der Waals surface area contributed by atoms with Crippen LogP contribution in [-0.4, -0.2) is 101 Å². The Morgan fingerprint density at radius 3 is 2.44 bits per heavy atom. The number of unbranched alkanes of at least 4 members (excludes halogenated alkanes) is 4. The Morgan fingerprint density at radius 1 is 1.00 bits per heavy atom. The number of rotatable bonds is 19. The van der Waals surface area contributed by atoms with Gasteiger partial charge in [-0.1, -0.05) is 69.9 Å². The maximum absolute atomic E-state index is 14.5. The molecule has 3 unspecified atom stereocenters. The average Bonchev–Trinajstić information content (AvgIpc) is 3.63. The van der Waals surface area contributed by atoms with Gasteiger partial charge in [0.2, 0.25) is 11.8 Å². The molecule has 1 saturated carbocycles. The number of aliphatic hydroxyl groups excluding tert-OH is 1. The first-order valence-corrected chi connectivity index (χ1v) is 22.5. The number of amides is 2. The Hall–Kier alpha value is -3.58. The minimum atomic E-state index is -0.862. The summed E-state index contributed by atoms with van der Waals surface area (Å²) >= 11 is 0.